The number of H-pyrrole nitrogens is 1. The van der Waals surface area contributed by atoms with Crippen molar-refractivity contribution >= 4 is 40.6 Å². The molecule has 3 aromatic rings. The van der Waals surface area contributed by atoms with Crippen molar-refractivity contribution in [1.82, 2.24) is 20.1 Å². The van der Waals surface area contributed by atoms with E-state index >= 15 is 0 Å². The third kappa shape index (κ3) is 4.60. The van der Waals surface area contributed by atoms with Gasteiger partial charge in [0.2, 0.25) is 0 Å². The van der Waals surface area contributed by atoms with Crippen LogP contribution in [0.2, 0.25) is 5.02 Å². The third-order valence-electron chi connectivity index (χ3n) is 5.86. The molecular formula is C23H27ClN4O2. The molecule has 2 atom stereocenters. The number of nitrogens with zero attached hydrogens (tertiary/aromatic N) is 2. The molecule has 7 heteroatoms. The molecule has 1 aromatic carbocycles. The van der Waals surface area contributed by atoms with Crippen LogP contribution in [0.25, 0.3) is 23.1 Å². The second-order valence-electron chi connectivity index (χ2n) is 7.97. The Labute approximate surface area is 181 Å². The molecule has 1 aliphatic carbocycles. The molecule has 2 unspecified atom stereocenters. The van der Waals surface area contributed by atoms with Gasteiger partial charge in [-0.3, -0.25) is 9.89 Å². The van der Waals surface area contributed by atoms with E-state index in [1.54, 1.807) is 0 Å². The van der Waals surface area contributed by atoms with Gasteiger partial charge in [-0.25, -0.2) is 0 Å². The summed E-state index contributed by atoms with van der Waals surface area (Å²) in [7, 11) is 3.49. The normalized spacial score (nSPS) is 19.6. The molecule has 0 saturated heterocycles. The van der Waals surface area contributed by atoms with Gasteiger partial charge in [-0.05, 0) is 49.6 Å². The minimum Gasteiger partial charge on any atom is -0.469 e. The maximum Gasteiger partial charge on any atom is 0.308 e. The molecular weight excluding hydrogens is 400 g/mol. The van der Waals surface area contributed by atoms with Crippen LogP contribution >= 0.6 is 11.6 Å². The maximum atomic E-state index is 11.8. The van der Waals surface area contributed by atoms with Gasteiger partial charge in [0.1, 0.15) is 0 Å². The van der Waals surface area contributed by atoms with Crippen molar-refractivity contribution in [2.75, 3.05) is 7.11 Å². The minimum absolute atomic E-state index is 0.00992. The van der Waals surface area contributed by atoms with E-state index in [2.05, 4.69) is 32.4 Å². The molecule has 2 aromatic heterocycles. The van der Waals surface area contributed by atoms with E-state index in [1.165, 1.54) is 7.11 Å². The standard InChI is InChI=1S/C23H27ClN4O2/c1-28-14-16(21-11-17(24)7-9-22(21)28)6-8-19-12-20(27-26-19)13-25-18-5-3-4-15(10-18)23(29)30-2/h6-9,11-12,14-15,18,25H,3-5,10,13H2,1-2H3,(H,26,27)/b8-6-. The van der Waals surface area contributed by atoms with Gasteiger partial charge in [0.15, 0.2) is 0 Å². The molecule has 1 saturated carbocycles. The third-order valence-corrected chi connectivity index (χ3v) is 6.09. The van der Waals surface area contributed by atoms with Crippen molar-refractivity contribution in [2.45, 2.75) is 38.3 Å². The summed E-state index contributed by atoms with van der Waals surface area (Å²) in [6, 6.07) is 8.29. The summed E-state index contributed by atoms with van der Waals surface area (Å²) in [5.41, 5.74) is 4.15. The first-order valence-corrected chi connectivity index (χ1v) is 10.7. The van der Waals surface area contributed by atoms with E-state index in [0.29, 0.717) is 12.6 Å². The molecule has 0 spiro atoms. The lowest BCUT2D eigenvalue weighted by Crippen LogP contribution is -2.36. The smallest absolute Gasteiger partial charge is 0.308 e. The second kappa shape index (κ2) is 9.06. The van der Waals surface area contributed by atoms with Gasteiger partial charge >= 0.3 is 5.97 Å². The highest BCUT2D eigenvalue weighted by atomic mass is 35.5. The van der Waals surface area contributed by atoms with Gasteiger partial charge in [0.05, 0.1) is 18.7 Å². The molecule has 4 rings (SSSR count). The van der Waals surface area contributed by atoms with Crippen LogP contribution in [-0.4, -0.2) is 33.9 Å². The van der Waals surface area contributed by atoms with Crippen molar-refractivity contribution in [3.8, 4) is 0 Å². The number of fused-ring (bicyclic) bond motifs is 1. The molecule has 2 N–H and O–H groups in total. The molecule has 2 heterocycles. The van der Waals surface area contributed by atoms with Gasteiger partial charge in [-0.1, -0.05) is 24.1 Å². The highest BCUT2D eigenvalue weighted by Crippen LogP contribution is 2.27. The minimum atomic E-state index is -0.0924. The predicted octanol–water partition coefficient (Wildman–Crippen LogP) is 4.55. The van der Waals surface area contributed by atoms with E-state index in [9.17, 15) is 4.79 Å². The number of nitrogens with one attached hydrogen (secondary N) is 2. The number of aromatic amines is 1. The van der Waals surface area contributed by atoms with Crippen molar-refractivity contribution in [1.29, 1.82) is 0 Å². The zero-order valence-electron chi connectivity index (χ0n) is 17.3. The number of benzene rings is 1. The number of hydrogen-bond donors (Lipinski definition) is 2. The molecule has 1 aliphatic rings. The van der Waals surface area contributed by atoms with E-state index < -0.39 is 0 Å². The lowest BCUT2D eigenvalue weighted by Gasteiger charge is -2.28. The Balaban J connectivity index is 1.38. The summed E-state index contributed by atoms with van der Waals surface area (Å²) in [6.45, 7) is 0.698. The molecule has 1 fully saturated rings. The first-order valence-electron chi connectivity index (χ1n) is 10.3. The molecule has 30 heavy (non-hydrogen) atoms. The lowest BCUT2D eigenvalue weighted by molar-refractivity contribution is -0.146. The number of hydrogen-bond acceptors (Lipinski definition) is 4. The number of aromatic nitrogens is 3. The second-order valence-corrected chi connectivity index (χ2v) is 8.41. The molecule has 158 valence electrons. The van der Waals surface area contributed by atoms with Gasteiger partial charge in [0, 0.05) is 53.0 Å². The molecule has 0 aliphatic heterocycles. The van der Waals surface area contributed by atoms with Crippen LogP contribution in [0.3, 0.4) is 0 Å². The van der Waals surface area contributed by atoms with Crippen LogP contribution in [0.5, 0.6) is 0 Å². The van der Waals surface area contributed by atoms with E-state index in [1.807, 2.05) is 37.4 Å². The topological polar surface area (TPSA) is 71.9 Å². The van der Waals surface area contributed by atoms with Crippen molar-refractivity contribution in [3.63, 3.8) is 0 Å². The highest BCUT2D eigenvalue weighted by Gasteiger charge is 2.27. The van der Waals surface area contributed by atoms with Crippen LogP contribution in [0.1, 0.15) is 42.6 Å². The molecule has 0 radical (unpaired) electrons. The summed E-state index contributed by atoms with van der Waals surface area (Å²) >= 11 is 6.17. The summed E-state index contributed by atoms with van der Waals surface area (Å²) in [5, 5.41) is 12.9. The number of aryl methyl sites for hydroxylation is 1. The number of ether oxygens (including phenoxy) is 1. The quantitative estimate of drug-likeness (QED) is 0.567. The fourth-order valence-electron chi connectivity index (χ4n) is 4.27. The van der Waals surface area contributed by atoms with Crippen molar-refractivity contribution in [3.05, 3.63) is 52.4 Å². The molecule has 6 nitrogen and oxygen atoms in total. The fraction of sp³-hybridized carbons (Fsp3) is 0.391. The van der Waals surface area contributed by atoms with Gasteiger partial charge in [-0.2, -0.15) is 5.10 Å². The monoisotopic (exact) mass is 426 g/mol. The van der Waals surface area contributed by atoms with E-state index in [4.69, 9.17) is 16.3 Å². The predicted molar refractivity (Wildman–Crippen MR) is 120 cm³/mol. The Morgan fingerprint density at radius 2 is 2.23 bits per heavy atom. The number of methoxy groups -OCH3 is 1. The van der Waals surface area contributed by atoms with Crippen molar-refractivity contribution in [2.24, 2.45) is 13.0 Å². The number of esters is 1. The summed E-state index contributed by atoms with van der Waals surface area (Å²) in [5.74, 6) is -0.0825. The first-order chi connectivity index (χ1) is 14.5. The zero-order chi connectivity index (χ0) is 21.1. The average molecular weight is 427 g/mol. The largest absolute Gasteiger partial charge is 0.469 e. The number of halogens is 1. The zero-order valence-corrected chi connectivity index (χ0v) is 18.1. The number of carbonyl (C=O) groups excluding carboxylic acids is 1. The van der Waals surface area contributed by atoms with Gasteiger partial charge in [-0.15, -0.1) is 0 Å². The van der Waals surface area contributed by atoms with Crippen LogP contribution in [-0.2, 0) is 23.1 Å². The summed E-state index contributed by atoms with van der Waals surface area (Å²) in [6.07, 6.45) is 10.0. The molecule has 0 bridgehead atoms. The van der Waals surface area contributed by atoms with Crippen LogP contribution in [0.15, 0.2) is 30.5 Å². The summed E-state index contributed by atoms with van der Waals surface area (Å²) in [4.78, 5) is 11.8. The Morgan fingerprint density at radius 1 is 1.37 bits per heavy atom. The Kier molecular flexibility index (Phi) is 6.25. The van der Waals surface area contributed by atoms with Crippen LogP contribution in [0, 0.1) is 5.92 Å². The maximum absolute atomic E-state index is 11.8. The van der Waals surface area contributed by atoms with E-state index in [0.717, 1.165) is 58.6 Å². The highest BCUT2D eigenvalue weighted by molar-refractivity contribution is 6.31. The fourth-order valence-corrected chi connectivity index (χ4v) is 4.44. The molecule has 0 amide bonds. The van der Waals surface area contributed by atoms with E-state index in [-0.39, 0.29) is 11.9 Å². The van der Waals surface area contributed by atoms with Gasteiger partial charge in [0.25, 0.3) is 0 Å². The van der Waals surface area contributed by atoms with Crippen LogP contribution in [0.4, 0.5) is 0 Å². The lowest BCUT2D eigenvalue weighted by atomic mass is 9.85. The SMILES string of the molecule is COC(=O)C1CCCC(NCc2cc(/C=C\c3cn(C)c4ccc(Cl)cc34)n[nH]2)C1. The van der Waals surface area contributed by atoms with Crippen LogP contribution < -0.4 is 5.32 Å². The van der Waals surface area contributed by atoms with Crippen molar-refractivity contribution < 1.29 is 9.53 Å². The Morgan fingerprint density at radius 3 is 3.07 bits per heavy atom. The number of carbonyl (C=O) groups is 1. The Hall–Kier alpha value is -2.57. The summed E-state index contributed by atoms with van der Waals surface area (Å²) < 4.78 is 7.00. The number of rotatable bonds is 6. The van der Waals surface area contributed by atoms with Gasteiger partial charge < -0.3 is 14.6 Å². The Bertz CT molecular complexity index is 1070. The average Bonchev–Trinajstić information content (AvgIpc) is 3.34. The first kappa shape index (κ1) is 20.7.